The van der Waals surface area contributed by atoms with Crippen molar-refractivity contribution in [2.75, 3.05) is 18.7 Å². The summed E-state index contributed by atoms with van der Waals surface area (Å²) in [6.45, 7) is 1.49. The molecule has 2 aromatic rings. The molecule has 2 amide bonds. The van der Waals surface area contributed by atoms with Crippen LogP contribution in [0.2, 0.25) is 5.02 Å². The van der Waals surface area contributed by atoms with Crippen molar-refractivity contribution in [2.24, 2.45) is 0 Å². The monoisotopic (exact) mass is 438 g/mol. The van der Waals surface area contributed by atoms with Crippen molar-refractivity contribution in [3.8, 4) is 0 Å². The van der Waals surface area contributed by atoms with Crippen LogP contribution in [0.5, 0.6) is 0 Å². The van der Waals surface area contributed by atoms with Crippen molar-refractivity contribution in [1.29, 1.82) is 0 Å². The quantitative estimate of drug-likeness (QED) is 0.698. The largest absolute Gasteiger partial charge is 0.474 e. The summed E-state index contributed by atoms with van der Waals surface area (Å²) < 4.78 is 46.1. The number of alkyl halides is 1. The fraction of sp³-hybridized carbons (Fsp3) is 0.238. The topological polar surface area (TPSA) is 58.6 Å². The number of ether oxygens (including phenoxy) is 1. The number of halogens is 4. The molecule has 9 heteroatoms. The van der Waals surface area contributed by atoms with Crippen LogP contribution in [0.4, 0.5) is 18.9 Å². The van der Waals surface area contributed by atoms with Crippen LogP contribution in [0.3, 0.4) is 0 Å². The summed E-state index contributed by atoms with van der Waals surface area (Å²) in [5.41, 5.74) is -1.36. The minimum absolute atomic E-state index is 0.0000532. The molecule has 0 fully saturated rings. The van der Waals surface area contributed by atoms with E-state index in [1.54, 1.807) is 30.3 Å². The molecule has 1 heterocycles. The van der Waals surface area contributed by atoms with Crippen molar-refractivity contribution in [3.63, 3.8) is 0 Å². The lowest BCUT2D eigenvalue weighted by atomic mass is 9.96. The number of allylic oxidation sites excluding steroid dienone is 1. The van der Waals surface area contributed by atoms with Crippen molar-refractivity contribution >= 4 is 34.7 Å². The second-order valence-electron chi connectivity index (χ2n) is 7.07. The molecule has 5 nitrogen and oxygen atoms in total. The normalized spacial score (nSPS) is 14.6. The third-order valence-corrected chi connectivity index (χ3v) is 5.15. The molecule has 0 saturated heterocycles. The molecule has 1 N–H and O–H groups in total. The maximum absolute atomic E-state index is 13.7. The number of nitrogens with one attached hydrogen (secondary N) is 1. The molecule has 1 aliphatic rings. The van der Waals surface area contributed by atoms with Gasteiger partial charge in [0, 0.05) is 6.07 Å². The Morgan fingerprint density at radius 1 is 1.23 bits per heavy atom. The van der Waals surface area contributed by atoms with E-state index in [-0.39, 0.29) is 23.8 Å². The van der Waals surface area contributed by atoms with Crippen molar-refractivity contribution in [3.05, 3.63) is 70.4 Å². The van der Waals surface area contributed by atoms with Gasteiger partial charge in [-0.05, 0) is 25.5 Å². The Balaban J connectivity index is 1.92. The van der Waals surface area contributed by atoms with Gasteiger partial charge in [0.15, 0.2) is 6.73 Å². The first-order chi connectivity index (χ1) is 14.2. The molecule has 3 rings (SSSR count). The second kappa shape index (κ2) is 8.39. The van der Waals surface area contributed by atoms with Crippen molar-refractivity contribution < 1.29 is 27.5 Å². The third-order valence-electron chi connectivity index (χ3n) is 4.76. The van der Waals surface area contributed by atoms with Crippen LogP contribution in [-0.4, -0.2) is 35.7 Å². The lowest BCUT2D eigenvalue weighted by Gasteiger charge is -2.40. The van der Waals surface area contributed by atoms with Crippen LogP contribution in [0.25, 0.3) is 5.57 Å². The van der Waals surface area contributed by atoms with E-state index in [2.05, 4.69) is 5.32 Å². The predicted octanol–water partition coefficient (Wildman–Crippen LogP) is 4.53. The van der Waals surface area contributed by atoms with Crippen LogP contribution >= 0.6 is 11.6 Å². The predicted molar refractivity (Wildman–Crippen MR) is 106 cm³/mol. The highest BCUT2D eigenvalue weighted by atomic mass is 35.5. The lowest BCUT2D eigenvalue weighted by Crippen LogP contribution is -2.57. The summed E-state index contributed by atoms with van der Waals surface area (Å²) in [6.07, 6.45) is 0. The van der Waals surface area contributed by atoms with Gasteiger partial charge < -0.3 is 10.1 Å². The van der Waals surface area contributed by atoms with E-state index < -0.39 is 40.7 Å². The number of amides is 2. The number of nitrogens with zero attached hydrogens (tertiary/aromatic N) is 1. The molecule has 30 heavy (non-hydrogen) atoms. The second-order valence-corrected chi connectivity index (χ2v) is 7.44. The Labute approximate surface area is 176 Å². The third kappa shape index (κ3) is 4.00. The van der Waals surface area contributed by atoms with Crippen LogP contribution in [0.15, 0.2) is 48.2 Å². The van der Waals surface area contributed by atoms with E-state index in [1.165, 1.54) is 13.8 Å². The Kier molecular flexibility index (Phi) is 6.07. The van der Waals surface area contributed by atoms with Gasteiger partial charge >= 0.3 is 0 Å². The molecule has 0 aromatic heterocycles. The van der Waals surface area contributed by atoms with Gasteiger partial charge in [-0.1, -0.05) is 41.9 Å². The fourth-order valence-corrected chi connectivity index (χ4v) is 3.14. The standard InChI is InChI=1S/C21H18ClF3N2O3/c1-21(2,20(29)26-15-9-13(24)8-14(25)18(15)22)27-11-30-16(10-23)17(19(27)28)12-6-4-3-5-7-12/h3-9H,10-11H2,1-2H3,(H,26,29). The van der Waals surface area contributed by atoms with Crippen LogP contribution in [0, 0.1) is 11.6 Å². The lowest BCUT2D eigenvalue weighted by molar-refractivity contribution is -0.147. The maximum atomic E-state index is 13.7. The molecule has 0 atom stereocenters. The summed E-state index contributed by atoms with van der Waals surface area (Å²) in [5.74, 6) is -3.47. The highest BCUT2D eigenvalue weighted by Crippen LogP contribution is 2.32. The first kappa shape index (κ1) is 21.7. The highest BCUT2D eigenvalue weighted by Gasteiger charge is 2.43. The zero-order valence-electron chi connectivity index (χ0n) is 16.1. The van der Waals surface area contributed by atoms with Gasteiger partial charge in [0.25, 0.3) is 5.91 Å². The zero-order valence-corrected chi connectivity index (χ0v) is 16.9. The van der Waals surface area contributed by atoms with Gasteiger partial charge in [-0.2, -0.15) is 0 Å². The summed E-state index contributed by atoms with van der Waals surface area (Å²) in [4.78, 5) is 27.2. The van der Waals surface area contributed by atoms with E-state index in [1.807, 2.05) is 0 Å². The van der Waals surface area contributed by atoms with Gasteiger partial charge in [-0.3, -0.25) is 14.5 Å². The Bertz CT molecular complexity index is 1030. The van der Waals surface area contributed by atoms with Crippen LogP contribution in [-0.2, 0) is 14.3 Å². The summed E-state index contributed by atoms with van der Waals surface area (Å²) in [6, 6.07) is 9.80. The first-order valence-electron chi connectivity index (χ1n) is 8.92. The number of hydrogen-bond acceptors (Lipinski definition) is 3. The molecule has 0 unspecified atom stereocenters. The van der Waals surface area contributed by atoms with Gasteiger partial charge in [-0.15, -0.1) is 0 Å². The van der Waals surface area contributed by atoms with E-state index >= 15 is 0 Å². The molecular formula is C21H18ClF3N2O3. The van der Waals surface area contributed by atoms with Crippen LogP contribution in [0.1, 0.15) is 19.4 Å². The SMILES string of the molecule is CC(C)(C(=O)Nc1cc(F)cc(F)c1Cl)N1COC(CF)=C(c2ccccc2)C1=O. The summed E-state index contributed by atoms with van der Waals surface area (Å²) in [7, 11) is 0. The number of rotatable bonds is 5. The Morgan fingerprint density at radius 2 is 1.90 bits per heavy atom. The van der Waals surface area contributed by atoms with E-state index in [4.69, 9.17) is 16.3 Å². The average Bonchev–Trinajstić information content (AvgIpc) is 2.71. The summed E-state index contributed by atoms with van der Waals surface area (Å²) in [5, 5.41) is 1.87. The summed E-state index contributed by atoms with van der Waals surface area (Å²) >= 11 is 5.80. The molecule has 1 aliphatic heterocycles. The molecular weight excluding hydrogens is 421 g/mol. The van der Waals surface area contributed by atoms with E-state index in [0.717, 1.165) is 11.0 Å². The average molecular weight is 439 g/mol. The number of carbonyl (C=O) groups is 2. The Morgan fingerprint density at radius 3 is 2.53 bits per heavy atom. The molecule has 0 radical (unpaired) electrons. The smallest absolute Gasteiger partial charge is 0.261 e. The molecule has 0 spiro atoms. The van der Waals surface area contributed by atoms with Crippen molar-refractivity contribution in [1.82, 2.24) is 4.90 Å². The number of carbonyl (C=O) groups excluding carboxylic acids is 2. The maximum Gasteiger partial charge on any atom is 0.261 e. The molecule has 2 aromatic carbocycles. The Hall–Kier alpha value is -3.00. The van der Waals surface area contributed by atoms with Gasteiger partial charge in [0.05, 0.1) is 11.3 Å². The van der Waals surface area contributed by atoms with Crippen LogP contribution < -0.4 is 5.32 Å². The minimum Gasteiger partial charge on any atom is -0.474 e. The minimum atomic E-state index is -1.52. The van der Waals surface area contributed by atoms with Gasteiger partial charge in [0.2, 0.25) is 5.91 Å². The zero-order chi connectivity index (χ0) is 22.1. The molecule has 0 saturated carbocycles. The first-order valence-corrected chi connectivity index (χ1v) is 9.30. The number of benzene rings is 2. The molecule has 0 bridgehead atoms. The highest BCUT2D eigenvalue weighted by molar-refractivity contribution is 6.34. The van der Waals surface area contributed by atoms with E-state index in [9.17, 15) is 22.8 Å². The number of hydrogen-bond donors (Lipinski definition) is 1. The molecule has 0 aliphatic carbocycles. The number of anilines is 1. The van der Waals surface area contributed by atoms with Gasteiger partial charge in [-0.25, -0.2) is 13.2 Å². The van der Waals surface area contributed by atoms with Gasteiger partial charge in [0.1, 0.15) is 34.6 Å². The van der Waals surface area contributed by atoms with E-state index in [0.29, 0.717) is 11.6 Å². The van der Waals surface area contributed by atoms with Crippen molar-refractivity contribution in [2.45, 2.75) is 19.4 Å². The molecule has 158 valence electrons. The fourth-order valence-electron chi connectivity index (χ4n) is 2.98.